The zero-order chi connectivity index (χ0) is 16.2. The summed E-state index contributed by atoms with van der Waals surface area (Å²) in [4.78, 5) is 14.1. The van der Waals surface area contributed by atoms with Gasteiger partial charge in [-0.15, -0.1) is 0 Å². The molecule has 0 fully saturated rings. The highest BCUT2D eigenvalue weighted by Gasteiger charge is 2.12. The minimum Gasteiger partial charge on any atom is -0.465 e. The number of carbonyl (C=O) groups excluding carboxylic acids is 1. The van der Waals surface area contributed by atoms with Crippen molar-refractivity contribution in [1.82, 2.24) is 4.98 Å². The molecule has 5 heteroatoms. The molecule has 0 atom stereocenters. The van der Waals surface area contributed by atoms with Crippen LogP contribution in [0.4, 0.5) is 0 Å². The highest BCUT2D eigenvalue weighted by Crippen LogP contribution is 2.37. The fourth-order valence-electron chi connectivity index (χ4n) is 2.36. The molecule has 0 radical (unpaired) electrons. The van der Waals surface area contributed by atoms with E-state index in [-0.39, 0.29) is 5.97 Å². The second-order valence-corrected chi connectivity index (χ2v) is 5.54. The van der Waals surface area contributed by atoms with Gasteiger partial charge in [0.15, 0.2) is 5.75 Å². The van der Waals surface area contributed by atoms with E-state index in [2.05, 4.69) is 4.98 Å². The van der Waals surface area contributed by atoms with Crippen molar-refractivity contribution in [2.45, 2.75) is 13.3 Å². The topological polar surface area (TPSA) is 51.3 Å². The van der Waals surface area contributed by atoms with Crippen LogP contribution in [0.1, 0.15) is 12.6 Å². The van der Waals surface area contributed by atoms with Gasteiger partial charge in [-0.2, -0.15) is 0 Å². The van der Waals surface area contributed by atoms with Crippen LogP contribution in [-0.4, -0.2) is 17.6 Å². The molecule has 3 rings (SSSR count). The number of rotatable bonds is 5. The lowest BCUT2D eigenvalue weighted by Gasteiger charge is -2.08. The standard InChI is InChI=1S/C18H16ClNO3/c1-12(21)22-10-9-13-11-15-17(20-13)8-7-16(19)18(15)23-14-5-3-2-4-6-14/h2-8,11,20H,9-10H2,1H3. The largest absolute Gasteiger partial charge is 0.465 e. The monoisotopic (exact) mass is 329 g/mol. The quantitative estimate of drug-likeness (QED) is 0.689. The van der Waals surface area contributed by atoms with Crippen molar-refractivity contribution >= 4 is 28.5 Å². The van der Waals surface area contributed by atoms with Gasteiger partial charge in [-0.1, -0.05) is 29.8 Å². The number of hydrogen-bond acceptors (Lipinski definition) is 3. The van der Waals surface area contributed by atoms with Crippen molar-refractivity contribution in [3.8, 4) is 11.5 Å². The summed E-state index contributed by atoms with van der Waals surface area (Å²) in [7, 11) is 0. The predicted octanol–water partition coefficient (Wildman–Crippen LogP) is 4.72. The van der Waals surface area contributed by atoms with E-state index in [9.17, 15) is 4.79 Å². The van der Waals surface area contributed by atoms with E-state index in [4.69, 9.17) is 21.1 Å². The minimum absolute atomic E-state index is 0.280. The Kier molecular flexibility index (Phi) is 4.53. The summed E-state index contributed by atoms with van der Waals surface area (Å²) in [6, 6.07) is 15.2. The van der Waals surface area contributed by atoms with E-state index in [1.165, 1.54) is 6.92 Å². The molecule has 0 spiro atoms. The molecule has 2 aromatic carbocycles. The van der Waals surface area contributed by atoms with E-state index in [1.807, 2.05) is 42.5 Å². The van der Waals surface area contributed by atoms with Gasteiger partial charge in [0.25, 0.3) is 0 Å². The maximum absolute atomic E-state index is 10.8. The van der Waals surface area contributed by atoms with Crippen molar-refractivity contribution in [2.24, 2.45) is 0 Å². The van der Waals surface area contributed by atoms with E-state index in [1.54, 1.807) is 6.07 Å². The lowest BCUT2D eigenvalue weighted by Crippen LogP contribution is -2.03. The van der Waals surface area contributed by atoms with Gasteiger partial charge in [-0.05, 0) is 30.3 Å². The van der Waals surface area contributed by atoms with Crippen molar-refractivity contribution in [3.63, 3.8) is 0 Å². The molecule has 3 aromatic rings. The molecular weight excluding hydrogens is 314 g/mol. The number of carbonyl (C=O) groups is 1. The van der Waals surface area contributed by atoms with Gasteiger partial charge in [0, 0.05) is 29.9 Å². The number of aromatic nitrogens is 1. The number of benzene rings is 2. The van der Waals surface area contributed by atoms with Crippen LogP contribution in [0.3, 0.4) is 0 Å². The first-order valence-electron chi connectivity index (χ1n) is 7.30. The number of para-hydroxylation sites is 1. The Morgan fingerprint density at radius 1 is 1.17 bits per heavy atom. The van der Waals surface area contributed by atoms with Gasteiger partial charge in [-0.25, -0.2) is 0 Å². The summed E-state index contributed by atoms with van der Waals surface area (Å²) in [5, 5.41) is 1.45. The van der Waals surface area contributed by atoms with Crippen LogP contribution >= 0.6 is 11.6 Å². The van der Waals surface area contributed by atoms with Gasteiger partial charge in [0.05, 0.1) is 11.6 Å². The third-order valence-electron chi connectivity index (χ3n) is 3.40. The minimum atomic E-state index is -0.280. The normalized spacial score (nSPS) is 10.7. The van der Waals surface area contributed by atoms with Gasteiger partial charge in [-0.3, -0.25) is 4.79 Å². The van der Waals surface area contributed by atoms with Crippen molar-refractivity contribution in [2.75, 3.05) is 6.61 Å². The molecule has 1 aromatic heterocycles. The lowest BCUT2D eigenvalue weighted by atomic mass is 10.2. The number of fused-ring (bicyclic) bond motifs is 1. The third-order valence-corrected chi connectivity index (χ3v) is 3.70. The molecule has 0 saturated carbocycles. The van der Waals surface area contributed by atoms with Crippen LogP contribution < -0.4 is 4.74 Å². The lowest BCUT2D eigenvalue weighted by molar-refractivity contribution is -0.140. The van der Waals surface area contributed by atoms with Crippen LogP contribution in [-0.2, 0) is 16.0 Å². The zero-order valence-corrected chi connectivity index (χ0v) is 13.4. The highest BCUT2D eigenvalue weighted by molar-refractivity contribution is 6.33. The molecule has 0 aliphatic heterocycles. The van der Waals surface area contributed by atoms with Gasteiger partial charge >= 0.3 is 5.97 Å². The van der Waals surface area contributed by atoms with Crippen LogP contribution in [0.2, 0.25) is 5.02 Å². The molecule has 1 N–H and O–H groups in total. The highest BCUT2D eigenvalue weighted by atomic mass is 35.5. The van der Waals surface area contributed by atoms with Crippen LogP contribution in [0, 0.1) is 0 Å². The molecule has 0 bridgehead atoms. The zero-order valence-electron chi connectivity index (χ0n) is 12.6. The number of aromatic amines is 1. The van der Waals surface area contributed by atoms with Crippen molar-refractivity contribution < 1.29 is 14.3 Å². The fourth-order valence-corrected chi connectivity index (χ4v) is 2.56. The Morgan fingerprint density at radius 3 is 2.70 bits per heavy atom. The first-order chi connectivity index (χ1) is 11.1. The average Bonchev–Trinajstić information content (AvgIpc) is 2.94. The summed E-state index contributed by atoms with van der Waals surface area (Å²) in [6.07, 6.45) is 0.608. The van der Waals surface area contributed by atoms with Gasteiger partial charge in [0.1, 0.15) is 5.75 Å². The van der Waals surface area contributed by atoms with E-state index in [0.717, 1.165) is 22.3 Å². The molecule has 1 heterocycles. The smallest absolute Gasteiger partial charge is 0.302 e. The predicted molar refractivity (Wildman–Crippen MR) is 90.2 cm³/mol. The number of nitrogens with one attached hydrogen (secondary N) is 1. The maximum Gasteiger partial charge on any atom is 0.302 e. The molecule has 0 aliphatic carbocycles. The summed E-state index contributed by atoms with van der Waals surface area (Å²) in [6.45, 7) is 1.74. The summed E-state index contributed by atoms with van der Waals surface area (Å²) < 4.78 is 10.9. The SMILES string of the molecule is CC(=O)OCCc1cc2c(Oc3ccccc3)c(Cl)ccc2[nH]1. The number of H-pyrrole nitrogens is 1. The van der Waals surface area contributed by atoms with E-state index in [0.29, 0.717) is 23.8 Å². The second kappa shape index (κ2) is 6.75. The Morgan fingerprint density at radius 2 is 1.96 bits per heavy atom. The molecule has 0 aliphatic rings. The molecule has 4 nitrogen and oxygen atoms in total. The summed E-state index contributed by atoms with van der Waals surface area (Å²) in [5.74, 6) is 1.06. The van der Waals surface area contributed by atoms with Crippen LogP contribution in [0.5, 0.6) is 11.5 Å². The first kappa shape index (κ1) is 15.4. The second-order valence-electron chi connectivity index (χ2n) is 5.14. The van der Waals surface area contributed by atoms with Crippen LogP contribution in [0.25, 0.3) is 10.9 Å². The van der Waals surface area contributed by atoms with Gasteiger partial charge in [0.2, 0.25) is 0 Å². The molecule has 0 saturated heterocycles. The summed E-state index contributed by atoms with van der Waals surface area (Å²) in [5.41, 5.74) is 1.89. The first-order valence-corrected chi connectivity index (χ1v) is 7.67. The molecule has 118 valence electrons. The third kappa shape index (κ3) is 3.66. The molecule has 0 amide bonds. The summed E-state index contributed by atoms with van der Waals surface area (Å²) >= 11 is 6.30. The van der Waals surface area contributed by atoms with Gasteiger partial charge < -0.3 is 14.5 Å². The van der Waals surface area contributed by atoms with Crippen molar-refractivity contribution in [1.29, 1.82) is 0 Å². The number of hydrogen-bond donors (Lipinski definition) is 1. The number of ether oxygens (including phenoxy) is 2. The molecule has 23 heavy (non-hydrogen) atoms. The van der Waals surface area contributed by atoms with E-state index >= 15 is 0 Å². The average molecular weight is 330 g/mol. The number of esters is 1. The Labute approximate surface area is 139 Å². The Bertz CT molecular complexity index is 827. The number of halogens is 1. The molecular formula is C18H16ClNO3. The van der Waals surface area contributed by atoms with E-state index < -0.39 is 0 Å². The van der Waals surface area contributed by atoms with Crippen molar-refractivity contribution in [3.05, 3.63) is 59.2 Å². The Balaban J connectivity index is 1.89. The maximum atomic E-state index is 10.8. The van der Waals surface area contributed by atoms with Crippen LogP contribution in [0.15, 0.2) is 48.5 Å². The fraction of sp³-hybridized carbons (Fsp3) is 0.167. The molecule has 0 unspecified atom stereocenters. The Hall–Kier alpha value is -2.46.